The molecular formula is C7H10N2O2. The van der Waals surface area contributed by atoms with Gasteiger partial charge in [0, 0.05) is 6.42 Å². The Labute approximate surface area is 64.4 Å². The van der Waals surface area contributed by atoms with Gasteiger partial charge < -0.3 is 10.2 Å². The van der Waals surface area contributed by atoms with Gasteiger partial charge in [0.15, 0.2) is 0 Å². The zero-order valence-electron chi connectivity index (χ0n) is 6.28. The molecule has 4 heteroatoms. The topological polar surface area (TPSA) is 69.1 Å². The van der Waals surface area contributed by atoms with Gasteiger partial charge in [0.05, 0.1) is 12.2 Å². The molecule has 0 bridgehead atoms. The number of carbonyl (C=O) groups is 1. The maximum Gasteiger partial charge on any atom is 0.211 e. The van der Waals surface area contributed by atoms with Crippen molar-refractivity contribution in [3.05, 3.63) is 18.4 Å². The van der Waals surface area contributed by atoms with Crippen molar-refractivity contribution in [2.75, 3.05) is 0 Å². The molecule has 0 aliphatic carbocycles. The average molecular weight is 154 g/mol. The Morgan fingerprint density at radius 2 is 2.64 bits per heavy atom. The lowest BCUT2D eigenvalue weighted by molar-refractivity contribution is -0.117. The highest BCUT2D eigenvalue weighted by Gasteiger charge is 2.11. The first kappa shape index (κ1) is 7.94. The van der Waals surface area contributed by atoms with E-state index >= 15 is 0 Å². The maximum atomic E-state index is 10.6. The first-order valence-electron chi connectivity index (χ1n) is 3.34. The Kier molecular flexibility index (Phi) is 2.38. The summed E-state index contributed by atoms with van der Waals surface area (Å²) in [5.41, 5.74) is 5.56. The minimum absolute atomic E-state index is 0.0377. The summed E-state index contributed by atoms with van der Waals surface area (Å²) in [4.78, 5) is 14.4. The van der Waals surface area contributed by atoms with E-state index in [2.05, 4.69) is 4.98 Å². The summed E-state index contributed by atoms with van der Waals surface area (Å²) in [6.07, 6.45) is 3.23. The van der Waals surface area contributed by atoms with Crippen molar-refractivity contribution in [3.63, 3.8) is 0 Å². The first-order chi connectivity index (χ1) is 5.20. The number of aromatic nitrogens is 1. The quantitative estimate of drug-likeness (QED) is 0.694. The van der Waals surface area contributed by atoms with E-state index in [9.17, 15) is 4.79 Å². The molecule has 4 nitrogen and oxygen atoms in total. The molecule has 1 atom stereocenters. The molecule has 0 saturated carbocycles. The summed E-state index contributed by atoms with van der Waals surface area (Å²) in [5.74, 6) is 0.455. The zero-order valence-corrected chi connectivity index (χ0v) is 6.28. The molecule has 1 aromatic rings. The Balaban J connectivity index is 2.56. The SMILES string of the molecule is CC(=O)CC(N)c1ncco1. The van der Waals surface area contributed by atoms with Crippen LogP contribution >= 0.6 is 0 Å². The lowest BCUT2D eigenvalue weighted by Crippen LogP contribution is -2.13. The minimum atomic E-state index is -0.400. The summed E-state index contributed by atoms with van der Waals surface area (Å²) in [5, 5.41) is 0. The van der Waals surface area contributed by atoms with Crippen LogP contribution in [-0.4, -0.2) is 10.8 Å². The molecule has 1 rings (SSSR count). The molecule has 1 aromatic heterocycles. The van der Waals surface area contributed by atoms with Crippen molar-refractivity contribution in [1.82, 2.24) is 4.98 Å². The van der Waals surface area contributed by atoms with Gasteiger partial charge in [-0.1, -0.05) is 0 Å². The van der Waals surface area contributed by atoms with E-state index in [0.29, 0.717) is 5.89 Å². The van der Waals surface area contributed by atoms with Crippen LogP contribution in [0, 0.1) is 0 Å². The molecule has 60 valence electrons. The molecule has 0 amide bonds. The second kappa shape index (κ2) is 3.30. The normalized spacial score (nSPS) is 12.9. The van der Waals surface area contributed by atoms with Crippen molar-refractivity contribution in [1.29, 1.82) is 0 Å². The van der Waals surface area contributed by atoms with E-state index < -0.39 is 6.04 Å². The van der Waals surface area contributed by atoms with E-state index in [1.807, 2.05) is 0 Å². The highest BCUT2D eigenvalue weighted by Crippen LogP contribution is 2.10. The van der Waals surface area contributed by atoms with Crippen molar-refractivity contribution in [3.8, 4) is 0 Å². The molecule has 11 heavy (non-hydrogen) atoms. The summed E-state index contributed by atoms with van der Waals surface area (Å²) >= 11 is 0. The Hall–Kier alpha value is -1.16. The fraction of sp³-hybridized carbons (Fsp3) is 0.429. The van der Waals surface area contributed by atoms with Gasteiger partial charge in [-0.25, -0.2) is 4.98 Å². The van der Waals surface area contributed by atoms with Crippen LogP contribution in [0.3, 0.4) is 0 Å². The average Bonchev–Trinajstić information content (AvgIpc) is 2.35. The van der Waals surface area contributed by atoms with Crippen LogP contribution in [0.5, 0.6) is 0 Å². The monoisotopic (exact) mass is 154 g/mol. The highest BCUT2D eigenvalue weighted by atomic mass is 16.3. The number of carbonyl (C=O) groups excluding carboxylic acids is 1. The Morgan fingerprint density at radius 3 is 3.09 bits per heavy atom. The van der Waals surface area contributed by atoms with Gasteiger partial charge in [-0.05, 0) is 6.92 Å². The molecule has 1 heterocycles. The van der Waals surface area contributed by atoms with E-state index in [1.165, 1.54) is 19.4 Å². The zero-order chi connectivity index (χ0) is 8.27. The predicted octanol–water partition coefficient (Wildman–Crippen LogP) is 0.653. The molecule has 0 radical (unpaired) electrons. The number of nitrogens with zero attached hydrogens (tertiary/aromatic N) is 1. The maximum absolute atomic E-state index is 10.6. The van der Waals surface area contributed by atoms with Gasteiger partial charge in [-0.15, -0.1) is 0 Å². The first-order valence-corrected chi connectivity index (χ1v) is 3.34. The van der Waals surface area contributed by atoms with E-state index in [-0.39, 0.29) is 12.2 Å². The summed E-state index contributed by atoms with van der Waals surface area (Å²) in [6.45, 7) is 1.49. The van der Waals surface area contributed by atoms with Gasteiger partial charge in [0.2, 0.25) is 5.89 Å². The number of oxazole rings is 1. The summed E-state index contributed by atoms with van der Waals surface area (Å²) < 4.78 is 4.91. The van der Waals surface area contributed by atoms with Gasteiger partial charge in [0.25, 0.3) is 0 Å². The lowest BCUT2D eigenvalue weighted by atomic mass is 10.2. The number of rotatable bonds is 3. The minimum Gasteiger partial charge on any atom is -0.447 e. The molecule has 1 unspecified atom stereocenters. The molecule has 2 N–H and O–H groups in total. The van der Waals surface area contributed by atoms with Crippen molar-refractivity contribution < 1.29 is 9.21 Å². The summed E-state index contributed by atoms with van der Waals surface area (Å²) in [6, 6.07) is -0.400. The van der Waals surface area contributed by atoms with E-state index in [4.69, 9.17) is 10.2 Å². The smallest absolute Gasteiger partial charge is 0.211 e. The van der Waals surface area contributed by atoms with Gasteiger partial charge in [-0.2, -0.15) is 0 Å². The van der Waals surface area contributed by atoms with Crippen molar-refractivity contribution >= 4 is 5.78 Å². The van der Waals surface area contributed by atoms with Crippen LogP contribution in [-0.2, 0) is 4.79 Å². The van der Waals surface area contributed by atoms with E-state index in [1.54, 1.807) is 0 Å². The van der Waals surface area contributed by atoms with Crippen LogP contribution in [0.1, 0.15) is 25.3 Å². The number of hydrogen-bond donors (Lipinski definition) is 1. The lowest BCUT2D eigenvalue weighted by Gasteiger charge is -2.02. The standard InChI is InChI=1S/C7H10N2O2/c1-5(10)4-6(8)7-9-2-3-11-7/h2-3,6H,4,8H2,1H3. The third-order valence-corrected chi connectivity index (χ3v) is 1.28. The van der Waals surface area contributed by atoms with Crippen molar-refractivity contribution in [2.24, 2.45) is 5.73 Å². The van der Waals surface area contributed by atoms with Crippen LogP contribution in [0.4, 0.5) is 0 Å². The molecular weight excluding hydrogens is 144 g/mol. The fourth-order valence-corrected chi connectivity index (χ4v) is 0.815. The second-order valence-corrected chi connectivity index (χ2v) is 2.38. The number of ketones is 1. The number of Topliss-reactive ketones (excluding diaryl/α,β-unsaturated/α-hetero) is 1. The van der Waals surface area contributed by atoms with Crippen LogP contribution in [0.15, 0.2) is 16.9 Å². The molecule has 0 aliphatic heterocycles. The van der Waals surface area contributed by atoms with Gasteiger partial charge in [-0.3, -0.25) is 4.79 Å². The summed E-state index contributed by atoms with van der Waals surface area (Å²) in [7, 11) is 0. The third-order valence-electron chi connectivity index (χ3n) is 1.28. The van der Waals surface area contributed by atoms with Crippen molar-refractivity contribution in [2.45, 2.75) is 19.4 Å². The van der Waals surface area contributed by atoms with Crippen LogP contribution in [0.2, 0.25) is 0 Å². The molecule has 0 aliphatic rings. The van der Waals surface area contributed by atoms with Gasteiger partial charge in [0.1, 0.15) is 12.0 Å². The number of nitrogens with two attached hydrogens (primary N) is 1. The molecule has 0 spiro atoms. The fourth-order valence-electron chi connectivity index (χ4n) is 0.815. The Morgan fingerprint density at radius 1 is 1.91 bits per heavy atom. The molecule has 0 aromatic carbocycles. The highest BCUT2D eigenvalue weighted by molar-refractivity contribution is 5.76. The largest absolute Gasteiger partial charge is 0.447 e. The molecule has 0 saturated heterocycles. The van der Waals surface area contributed by atoms with Crippen LogP contribution in [0.25, 0.3) is 0 Å². The molecule has 0 fully saturated rings. The Bertz CT molecular complexity index is 231. The number of hydrogen-bond acceptors (Lipinski definition) is 4. The predicted molar refractivity (Wildman–Crippen MR) is 38.7 cm³/mol. The second-order valence-electron chi connectivity index (χ2n) is 2.38. The van der Waals surface area contributed by atoms with Crippen LogP contribution < -0.4 is 5.73 Å². The van der Waals surface area contributed by atoms with E-state index in [0.717, 1.165) is 0 Å². The van der Waals surface area contributed by atoms with Gasteiger partial charge >= 0.3 is 0 Å². The third kappa shape index (κ3) is 2.16.